The molecule has 0 spiro atoms. The number of carbonyl (C=O) groups is 1. The molecule has 1 aromatic rings. The molecular weight excluding hydrogens is 269 g/mol. The van der Waals surface area contributed by atoms with E-state index in [2.05, 4.69) is 29.4 Å². The van der Waals surface area contributed by atoms with E-state index in [1.807, 2.05) is 0 Å². The third-order valence-corrected chi connectivity index (χ3v) is 3.70. The molecular formula is C16H24FN3O. The van der Waals surface area contributed by atoms with Gasteiger partial charge in [0.1, 0.15) is 5.82 Å². The number of carbonyl (C=O) groups excluding carboxylic acids is 1. The standard InChI is InChI=1S/C16H24FN3O/c1-12(2)9-18-16(21)19-10-13-7-8-20(11-13)15-5-3-14(17)4-6-15/h3-6,12-13H,7-11H2,1-2H3,(H2,18,19,21). The minimum absolute atomic E-state index is 0.0936. The van der Waals surface area contributed by atoms with E-state index in [0.717, 1.165) is 25.2 Å². The molecule has 1 saturated heterocycles. The second-order valence-corrected chi connectivity index (χ2v) is 6.06. The first-order valence-electron chi connectivity index (χ1n) is 7.57. The van der Waals surface area contributed by atoms with Gasteiger partial charge in [-0.3, -0.25) is 0 Å². The molecule has 5 heteroatoms. The Balaban J connectivity index is 1.73. The van der Waals surface area contributed by atoms with Crippen molar-refractivity contribution >= 4 is 11.7 Å². The van der Waals surface area contributed by atoms with Crippen molar-refractivity contribution in [3.63, 3.8) is 0 Å². The fraction of sp³-hybridized carbons (Fsp3) is 0.562. The predicted molar refractivity (Wildman–Crippen MR) is 83.0 cm³/mol. The number of hydrogen-bond acceptors (Lipinski definition) is 2. The summed E-state index contributed by atoms with van der Waals surface area (Å²) in [5.74, 6) is 0.689. The van der Waals surface area contributed by atoms with Crippen molar-refractivity contribution in [2.45, 2.75) is 20.3 Å². The quantitative estimate of drug-likeness (QED) is 0.876. The summed E-state index contributed by atoms with van der Waals surface area (Å²) in [5, 5.41) is 5.77. The second-order valence-electron chi connectivity index (χ2n) is 6.06. The van der Waals surface area contributed by atoms with Gasteiger partial charge in [0.2, 0.25) is 0 Å². The zero-order valence-corrected chi connectivity index (χ0v) is 12.7. The van der Waals surface area contributed by atoms with E-state index in [1.54, 1.807) is 12.1 Å². The Morgan fingerprint density at radius 1 is 1.33 bits per heavy atom. The van der Waals surface area contributed by atoms with Gasteiger partial charge in [0, 0.05) is 31.9 Å². The number of nitrogens with zero attached hydrogens (tertiary/aromatic N) is 1. The molecule has 2 rings (SSSR count). The van der Waals surface area contributed by atoms with Gasteiger partial charge in [-0.15, -0.1) is 0 Å². The van der Waals surface area contributed by atoms with Crippen LogP contribution in [-0.2, 0) is 0 Å². The van der Waals surface area contributed by atoms with Crippen molar-refractivity contribution in [2.24, 2.45) is 11.8 Å². The van der Waals surface area contributed by atoms with Crippen LogP contribution in [0.1, 0.15) is 20.3 Å². The molecule has 4 nitrogen and oxygen atoms in total. The summed E-state index contributed by atoms with van der Waals surface area (Å²) in [4.78, 5) is 13.8. The summed E-state index contributed by atoms with van der Waals surface area (Å²) < 4.78 is 12.9. The lowest BCUT2D eigenvalue weighted by molar-refractivity contribution is 0.238. The molecule has 1 unspecified atom stereocenters. The highest BCUT2D eigenvalue weighted by atomic mass is 19.1. The zero-order chi connectivity index (χ0) is 15.2. The van der Waals surface area contributed by atoms with Crippen LogP contribution in [0.15, 0.2) is 24.3 Å². The van der Waals surface area contributed by atoms with Crippen LogP contribution in [0.25, 0.3) is 0 Å². The van der Waals surface area contributed by atoms with Crippen LogP contribution >= 0.6 is 0 Å². The molecule has 0 aliphatic carbocycles. The highest BCUT2D eigenvalue weighted by Gasteiger charge is 2.23. The molecule has 1 heterocycles. The summed E-state index contributed by atoms with van der Waals surface area (Å²) in [5.41, 5.74) is 1.04. The first-order chi connectivity index (χ1) is 10.0. The largest absolute Gasteiger partial charge is 0.371 e. The number of anilines is 1. The Kier molecular flexibility index (Phi) is 5.42. The van der Waals surface area contributed by atoms with Crippen LogP contribution in [0.3, 0.4) is 0 Å². The maximum absolute atomic E-state index is 12.9. The van der Waals surface area contributed by atoms with Crippen molar-refractivity contribution in [1.82, 2.24) is 10.6 Å². The van der Waals surface area contributed by atoms with Crippen molar-refractivity contribution in [3.8, 4) is 0 Å². The van der Waals surface area contributed by atoms with Crippen LogP contribution in [0.4, 0.5) is 14.9 Å². The maximum atomic E-state index is 12.9. The molecule has 2 amide bonds. The normalized spacial score (nSPS) is 18.1. The number of rotatable bonds is 5. The molecule has 116 valence electrons. The van der Waals surface area contributed by atoms with Crippen molar-refractivity contribution in [2.75, 3.05) is 31.1 Å². The Bertz CT molecular complexity index is 461. The van der Waals surface area contributed by atoms with E-state index in [0.29, 0.717) is 24.9 Å². The molecule has 0 bridgehead atoms. The minimum atomic E-state index is -0.210. The Labute approximate surface area is 125 Å². The maximum Gasteiger partial charge on any atom is 0.314 e. The average Bonchev–Trinajstić information content (AvgIpc) is 2.92. The van der Waals surface area contributed by atoms with Crippen LogP contribution in [-0.4, -0.2) is 32.2 Å². The van der Waals surface area contributed by atoms with Gasteiger partial charge in [0.15, 0.2) is 0 Å². The molecule has 0 aromatic heterocycles. The van der Waals surface area contributed by atoms with Gasteiger partial charge in [-0.2, -0.15) is 0 Å². The van der Waals surface area contributed by atoms with Gasteiger partial charge in [-0.25, -0.2) is 9.18 Å². The van der Waals surface area contributed by atoms with Crippen molar-refractivity contribution < 1.29 is 9.18 Å². The van der Waals surface area contributed by atoms with Gasteiger partial charge < -0.3 is 15.5 Å². The smallest absolute Gasteiger partial charge is 0.314 e. The molecule has 1 aliphatic heterocycles. The number of amides is 2. The Hall–Kier alpha value is -1.78. The number of hydrogen-bond donors (Lipinski definition) is 2. The molecule has 0 saturated carbocycles. The number of halogens is 1. The van der Waals surface area contributed by atoms with E-state index in [9.17, 15) is 9.18 Å². The fourth-order valence-corrected chi connectivity index (χ4v) is 2.48. The summed E-state index contributed by atoms with van der Waals surface area (Å²) in [7, 11) is 0. The molecule has 1 fully saturated rings. The minimum Gasteiger partial charge on any atom is -0.371 e. The van der Waals surface area contributed by atoms with Crippen molar-refractivity contribution in [1.29, 1.82) is 0 Å². The number of benzene rings is 1. The van der Waals surface area contributed by atoms with Crippen LogP contribution < -0.4 is 15.5 Å². The Morgan fingerprint density at radius 3 is 2.71 bits per heavy atom. The lowest BCUT2D eigenvalue weighted by atomic mass is 10.1. The highest BCUT2D eigenvalue weighted by molar-refractivity contribution is 5.73. The van der Waals surface area contributed by atoms with E-state index >= 15 is 0 Å². The molecule has 1 atom stereocenters. The third-order valence-electron chi connectivity index (χ3n) is 3.70. The van der Waals surface area contributed by atoms with Gasteiger partial charge in [-0.1, -0.05) is 13.8 Å². The Morgan fingerprint density at radius 2 is 2.05 bits per heavy atom. The zero-order valence-electron chi connectivity index (χ0n) is 12.7. The lowest BCUT2D eigenvalue weighted by Gasteiger charge is -2.19. The molecule has 21 heavy (non-hydrogen) atoms. The van der Waals surface area contributed by atoms with E-state index in [-0.39, 0.29) is 11.8 Å². The highest BCUT2D eigenvalue weighted by Crippen LogP contribution is 2.23. The monoisotopic (exact) mass is 293 g/mol. The summed E-state index contributed by atoms with van der Waals surface area (Å²) in [6.45, 7) is 7.36. The third kappa shape index (κ3) is 4.92. The van der Waals surface area contributed by atoms with E-state index < -0.39 is 0 Å². The lowest BCUT2D eigenvalue weighted by Crippen LogP contribution is -2.40. The van der Waals surface area contributed by atoms with Gasteiger partial charge in [0.25, 0.3) is 0 Å². The predicted octanol–water partition coefficient (Wildman–Crippen LogP) is 2.61. The van der Waals surface area contributed by atoms with Gasteiger partial charge >= 0.3 is 6.03 Å². The average molecular weight is 293 g/mol. The summed E-state index contributed by atoms with van der Waals surface area (Å²) in [6.07, 6.45) is 1.04. The number of urea groups is 1. The molecule has 1 aliphatic rings. The van der Waals surface area contributed by atoms with Crippen LogP contribution in [0.2, 0.25) is 0 Å². The molecule has 2 N–H and O–H groups in total. The SMILES string of the molecule is CC(C)CNC(=O)NCC1CCN(c2ccc(F)cc2)C1. The van der Waals surface area contributed by atoms with E-state index in [4.69, 9.17) is 0 Å². The topological polar surface area (TPSA) is 44.4 Å². The summed E-state index contributed by atoms with van der Waals surface area (Å²) in [6, 6.07) is 6.49. The first kappa shape index (κ1) is 15.6. The second kappa shape index (κ2) is 7.29. The first-order valence-corrected chi connectivity index (χ1v) is 7.57. The van der Waals surface area contributed by atoms with Crippen LogP contribution in [0.5, 0.6) is 0 Å². The number of nitrogens with one attached hydrogen (secondary N) is 2. The van der Waals surface area contributed by atoms with E-state index in [1.165, 1.54) is 12.1 Å². The fourth-order valence-electron chi connectivity index (χ4n) is 2.48. The van der Waals surface area contributed by atoms with Gasteiger partial charge in [-0.05, 0) is 42.5 Å². The van der Waals surface area contributed by atoms with Gasteiger partial charge in [0.05, 0.1) is 0 Å². The molecule has 0 radical (unpaired) electrons. The van der Waals surface area contributed by atoms with Crippen LogP contribution in [0, 0.1) is 17.7 Å². The van der Waals surface area contributed by atoms with Crippen molar-refractivity contribution in [3.05, 3.63) is 30.1 Å². The molecule has 1 aromatic carbocycles. The summed E-state index contributed by atoms with van der Waals surface area (Å²) >= 11 is 0.